The summed E-state index contributed by atoms with van der Waals surface area (Å²) in [7, 11) is -3.43. The molecule has 0 aliphatic rings. The van der Waals surface area contributed by atoms with Gasteiger partial charge in [-0.25, -0.2) is 13.1 Å². The molecule has 1 rings (SSSR count). The number of sulfonamides is 1. The van der Waals surface area contributed by atoms with Crippen molar-refractivity contribution in [3.8, 4) is 0 Å². The normalized spacial score (nSPS) is 13.8. The summed E-state index contributed by atoms with van der Waals surface area (Å²) in [4.78, 5) is 1.06. The quantitative estimate of drug-likeness (QED) is 0.798. The topological polar surface area (TPSA) is 66.4 Å². The first-order valence-corrected chi connectivity index (χ1v) is 8.05. The van der Waals surface area contributed by atoms with Crippen LogP contribution in [0, 0.1) is 0 Å². The highest BCUT2D eigenvalue weighted by molar-refractivity contribution is 7.91. The molecule has 0 radical (unpaired) electrons. The van der Waals surface area contributed by atoms with Crippen molar-refractivity contribution in [1.82, 2.24) is 4.72 Å². The maximum atomic E-state index is 12.0. The Kier molecular flexibility index (Phi) is 5.58. The second-order valence-corrected chi connectivity index (χ2v) is 6.92. The van der Waals surface area contributed by atoms with Crippen molar-refractivity contribution in [3.63, 3.8) is 0 Å². The van der Waals surface area contributed by atoms with E-state index in [1.54, 1.807) is 6.07 Å². The van der Waals surface area contributed by atoms with Gasteiger partial charge in [-0.05, 0) is 31.4 Å². The first-order valence-electron chi connectivity index (χ1n) is 5.75. The summed E-state index contributed by atoms with van der Waals surface area (Å²) in [6, 6.07) is 3.28. The first-order chi connectivity index (χ1) is 8.03. The van der Waals surface area contributed by atoms with Crippen LogP contribution in [0.5, 0.6) is 0 Å². The van der Waals surface area contributed by atoms with Crippen LogP contribution in [-0.4, -0.2) is 26.2 Å². The Morgan fingerprint density at radius 2 is 2.12 bits per heavy atom. The lowest BCUT2D eigenvalue weighted by Gasteiger charge is -2.14. The van der Waals surface area contributed by atoms with Gasteiger partial charge in [-0.3, -0.25) is 0 Å². The minimum atomic E-state index is -3.43. The fraction of sp³-hybridized carbons (Fsp3) is 0.636. The van der Waals surface area contributed by atoms with Crippen molar-refractivity contribution in [2.24, 2.45) is 0 Å². The Hall–Kier alpha value is -0.430. The molecule has 0 amide bonds. The third-order valence-electron chi connectivity index (χ3n) is 2.54. The van der Waals surface area contributed by atoms with Crippen LogP contribution in [0.15, 0.2) is 16.3 Å². The molecule has 2 N–H and O–H groups in total. The molecular weight excluding hydrogens is 258 g/mol. The molecule has 0 bridgehead atoms. The van der Waals surface area contributed by atoms with E-state index in [9.17, 15) is 8.42 Å². The van der Waals surface area contributed by atoms with E-state index in [2.05, 4.69) is 4.72 Å². The van der Waals surface area contributed by atoms with Gasteiger partial charge >= 0.3 is 0 Å². The van der Waals surface area contributed by atoms with Crippen LogP contribution in [0.25, 0.3) is 0 Å². The van der Waals surface area contributed by atoms with Gasteiger partial charge in [0.05, 0.1) is 0 Å². The van der Waals surface area contributed by atoms with E-state index >= 15 is 0 Å². The van der Waals surface area contributed by atoms with Gasteiger partial charge in [0.25, 0.3) is 0 Å². The predicted octanol–water partition coefficient (Wildman–Crippen LogP) is 1.75. The first kappa shape index (κ1) is 14.6. The molecule has 1 aromatic rings. The molecule has 1 atom stereocenters. The number of hydrogen-bond acceptors (Lipinski definition) is 4. The van der Waals surface area contributed by atoms with Crippen LogP contribution in [0.4, 0.5) is 0 Å². The molecule has 0 spiro atoms. The summed E-state index contributed by atoms with van der Waals surface area (Å²) in [5.74, 6) is 0. The van der Waals surface area contributed by atoms with Crippen molar-refractivity contribution in [2.45, 2.75) is 43.4 Å². The van der Waals surface area contributed by atoms with Crippen LogP contribution in [0.1, 0.15) is 31.6 Å². The molecule has 0 aliphatic heterocycles. The SMILES string of the molecule is CCc1ccc(S(=O)(=O)NC(CC)CCO)s1. The lowest BCUT2D eigenvalue weighted by molar-refractivity contribution is 0.270. The molecular formula is C11H19NO3S2. The van der Waals surface area contributed by atoms with Crippen LogP contribution < -0.4 is 4.72 Å². The van der Waals surface area contributed by atoms with Gasteiger partial charge in [0.15, 0.2) is 0 Å². The van der Waals surface area contributed by atoms with Gasteiger partial charge < -0.3 is 5.11 Å². The lowest BCUT2D eigenvalue weighted by Crippen LogP contribution is -2.34. The second-order valence-electron chi connectivity index (χ2n) is 3.81. The molecule has 98 valence electrons. The minimum Gasteiger partial charge on any atom is -0.396 e. The van der Waals surface area contributed by atoms with E-state index in [1.165, 1.54) is 11.3 Å². The van der Waals surface area contributed by atoms with Gasteiger partial charge in [0.2, 0.25) is 10.0 Å². The van der Waals surface area contributed by atoms with Crippen molar-refractivity contribution < 1.29 is 13.5 Å². The standard InChI is InChI=1S/C11H19NO3S2/c1-3-9(7-8-13)12-17(14,15)11-6-5-10(4-2)16-11/h5-6,9,12-13H,3-4,7-8H2,1-2H3. The predicted molar refractivity (Wildman–Crippen MR) is 69.8 cm³/mol. The van der Waals surface area contributed by atoms with Gasteiger partial charge in [-0.1, -0.05) is 13.8 Å². The van der Waals surface area contributed by atoms with Crippen molar-refractivity contribution in [2.75, 3.05) is 6.61 Å². The Bertz CT molecular complexity index is 439. The summed E-state index contributed by atoms with van der Waals surface area (Å²) in [5, 5.41) is 8.85. The van der Waals surface area contributed by atoms with Crippen LogP contribution in [0.2, 0.25) is 0 Å². The fourth-order valence-electron chi connectivity index (χ4n) is 1.47. The van der Waals surface area contributed by atoms with E-state index in [4.69, 9.17) is 5.11 Å². The largest absolute Gasteiger partial charge is 0.396 e. The molecule has 17 heavy (non-hydrogen) atoms. The zero-order chi connectivity index (χ0) is 12.9. The van der Waals surface area contributed by atoms with E-state index in [0.29, 0.717) is 17.1 Å². The number of aryl methyl sites for hydroxylation is 1. The Balaban J connectivity index is 2.80. The zero-order valence-corrected chi connectivity index (χ0v) is 11.8. The highest BCUT2D eigenvalue weighted by atomic mass is 32.2. The third kappa shape index (κ3) is 4.06. The van der Waals surface area contributed by atoms with E-state index in [1.807, 2.05) is 19.9 Å². The number of aliphatic hydroxyl groups is 1. The lowest BCUT2D eigenvalue weighted by atomic mass is 10.2. The molecule has 0 saturated heterocycles. The molecule has 1 unspecified atom stereocenters. The fourth-order valence-corrected chi connectivity index (χ4v) is 4.14. The van der Waals surface area contributed by atoms with Gasteiger partial charge in [-0.15, -0.1) is 11.3 Å². The van der Waals surface area contributed by atoms with Crippen LogP contribution >= 0.6 is 11.3 Å². The highest BCUT2D eigenvalue weighted by Gasteiger charge is 2.20. The zero-order valence-electron chi connectivity index (χ0n) is 10.1. The molecule has 1 heterocycles. The number of aliphatic hydroxyl groups excluding tert-OH is 1. The summed E-state index contributed by atoms with van der Waals surface area (Å²) < 4.78 is 27.0. The molecule has 0 fully saturated rings. The number of hydrogen-bond donors (Lipinski definition) is 2. The van der Waals surface area contributed by atoms with Gasteiger partial charge in [-0.2, -0.15) is 0 Å². The summed E-state index contributed by atoms with van der Waals surface area (Å²) in [6.45, 7) is 3.89. The van der Waals surface area contributed by atoms with E-state index in [-0.39, 0.29) is 12.6 Å². The maximum Gasteiger partial charge on any atom is 0.250 e. The maximum absolute atomic E-state index is 12.0. The molecule has 0 aromatic carbocycles. The average molecular weight is 277 g/mol. The van der Waals surface area contributed by atoms with Crippen molar-refractivity contribution in [3.05, 3.63) is 17.0 Å². The number of nitrogens with one attached hydrogen (secondary N) is 1. The van der Waals surface area contributed by atoms with Gasteiger partial charge in [0, 0.05) is 17.5 Å². The van der Waals surface area contributed by atoms with Gasteiger partial charge in [0.1, 0.15) is 4.21 Å². The molecule has 1 aromatic heterocycles. The number of thiophene rings is 1. The Labute approximate surface area is 107 Å². The molecule has 0 saturated carbocycles. The van der Waals surface area contributed by atoms with Crippen molar-refractivity contribution in [1.29, 1.82) is 0 Å². The summed E-state index contributed by atoms with van der Waals surface area (Å²) >= 11 is 1.30. The summed E-state index contributed by atoms with van der Waals surface area (Å²) in [5.41, 5.74) is 0. The Morgan fingerprint density at radius 3 is 2.59 bits per heavy atom. The number of rotatable bonds is 7. The molecule has 6 heteroatoms. The minimum absolute atomic E-state index is 0.00826. The van der Waals surface area contributed by atoms with Crippen LogP contribution in [-0.2, 0) is 16.4 Å². The average Bonchev–Trinajstić information content (AvgIpc) is 2.77. The molecule has 4 nitrogen and oxygen atoms in total. The Morgan fingerprint density at radius 1 is 1.41 bits per heavy atom. The van der Waals surface area contributed by atoms with Crippen LogP contribution in [0.3, 0.4) is 0 Å². The second kappa shape index (κ2) is 6.49. The van der Waals surface area contributed by atoms with E-state index < -0.39 is 10.0 Å². The smallest absolute Gasteiger partial charge is 0.250 e. The highest BCUT2D eigenvalue weighted by Crippen LogP contribution is 2.22. The monoisotopic (exact) mass is 277 g/mol. The van der Waals surface area contributed by atoms with E-state index in [0.717, 1.165) is 11.3 Å². The molecule has 0 aliphatic carbocycles. The third-order valence-corrected chi connectivity index (χ3v) is 5.78. The van der Waals surface area contributed by atoms with Crippen molar-refractivity contribution >= 4 is 21.4 Å². The summed E-state index contributed by atoms with van der Waals surface area (Å²) in [6.07, 6.45) is 1.96.